The fourth-order valence-corrected chi connectivity index (χ4v) is 4.12. The van der Waals surface area contributed by atoms with Crippen LogP contribution in [0.4, 0.5) is 0 Å². The highest BCUT2D eigenvalue weighted by atomic mass is 15.3. The van der Waals surface area contributed by atoms with Gasteiger partial charge in [0.25, 0.3) is 0 Å². The summed E-state index contributed by atoms with van der Waals surface area (Å²) < 4.78 is 0. The van der Waals surface area contributed by atoms with Crippen molar-refractivity contribution in [1.82, 2.24) is 10.3 Å². The molecule has 35 heavy (non-hydrogen) atoms. The number of pyridine rings is 1. The second kappa shape index (κ2) is 13.8. The molecule has 6 heteroatoms. The number of allylic oxidation sites excluding steroid dienone is 2. The van der Waals surface area contributed by atoms with Crippen LogP contribution in [0.1, 0.15) is 61.8 Å². The van der Waals surface area contributed by atoms with Gasteiger partial charge in [0, 0.05) is 29.6 Å². The van der Waals surface area contributed by atoms with Crippen molar-refractivity contribution in [2.24, 2.45) is 16.1 Å². The zero-order valence-corrected chi connectivity index (χ0v) is 20.8. The third kappa shape index (κ3) is 7.60. The lowest BCUT2D eigenvalue weighted by atomic mass is 10.0. The molecule has 0 amide bonds. The highest BCUT2D eigenvalue weighted by Gasteiger charge is 2.09. The highest BCUT2D eigenvalue weighted by molar-refractivity contribution is 6.02. The van der Waals surface area contributed by atoms with Gasteiger partial charge in [0.05, 0.1) is 5.69 Å². The Hall–Kier alpha value is -3.80. The predicted octanol–water partition coefficient (Wildman–Crippen LogP) is 6.76. The zero-order chi connectivity index (χ0) is 24.9. The molecule has 0 atom stereocenters. The van der Waals surface area contributed by atoms with Crippen molar-refractivity contribution in [2.75, 3.05) is 0 Å². The molecule has 0 saturated heterocycles. The summed E-state index contributed by atoms with van der Waals surface area (Å²) in [6.07, 6.45) is 10.8. The molecule has 0 unspecified atom stereocenters. The molecule has 3 rings (SSSR count). The van der Waals surface area contributed by atoms with Crippen LogP contribution in [0, 0.1) is 5.53 Å². The summed E-state index contributed by atoms with van der Waals surface area (Å²) in [6.45, 7) is 5.18. The Kier molecular flexibility index (Phi) is 10.2. The Morgan fingerprint density at radius 3 is 2.51 bits per heavy atom. The van der Waals surface area contributed by atoms with Crippen molar-refractivity contribution in [3.8, 4) is 11.3 Å². The van der Waals surface area contributed by atoms with Gasteiger partial charge in [-0.25, -0.2) is 0 Å². The fraction of sp³-hybridized carbons (Fsp3) is 0.310. The number of aromatic nitrogens is 1. The third-order valence-corrected chi connectivity index (χ3v) is 6.08. The number of nitrogens with one attached hydrogen (secondary N) is 2. The van der Waals surface area contributed by atoms with Gasteiger partial charge >= 0.3 is 0 Å². The number of nitrogens with two attached hydrogens (primary N) is 1. The second-order valence-electron chi connectivity index (χ2n) is 8.53. The van der Waals surface area contributed by atoms with Crippen molar-refractivity contribution in [1.29, 1.82) is 5.53 Å². The summed E-state index contributed by atoms with van der Waals surface area (Å²) >= 11 is 0. The lowest BCUT2D eigenvalue weighted by molar-refractivity contribution is 0.692. The highest BCUT2D eigenvalue weighted by Crippen LogP contribution is 2.22. The van der Waals surface area contributed by atoms with Gasteiger partial charge in [-0.3, -0.25) is 4.98 Å². The Bertz CT molecular complexity index is 1150. The lowest BCUT2D eigenvalue weighted by Gasteiger charge is -2.13. The molecule has 1 heterocycles. The van der Waals surface area contributed by atoms with Crippen molar-refractivity contribution in [3.63, 3.8) is 0 Å². The van der Waals surface area contributed by atoms with Gasteiger partial charge in [-0.05, 0) is 54.9 Å². The van der Waals surface area contributed by atoms with Gasteiger partial charge in [-0.15, -0.1) is 5.10 Å². The fourth-order valence-electron chi connectivity index (χ4n) is 4.12. The molecular formula is C29H36N6. The number of rotatable bonds is 13. The van der Waals surface area contributed by atoms with E-state index in [2.05, 4.69) is 70.9 Å². The molecular weight excluding hydrogens is 432 g/mol. The Morgan fingerprint density at radius 2 is 1.80 bits per heavy atom. The topological polar surface area (TPSA) is 99.5 Å². The summed E-state index contributed by atoms with van der Waals surface area (Å²) in [5, 5.41) is 10.4. The molecule has 0 fully saturated rings. The normalized spacial score (nSPS) is 11.9. The van der Waals surface area contributed by atoms with Gasteiger partial charge < -0.3 is 11.1 Å². The molecule has 6 nitrogen and oxygen atoms in total. The molecule has 0 bridgehead atoms. The first kappa shape index (κ1) is 25.8. The Morgan fingerprint density at radius 1 is 1.03 bits per heavy atom. The molecule has 3 aromatic rings. The van der Waals surface area contributed by atoms with Crippen LogP contribution in [0.5, 0.6) is 0 Å². The summed E-state index contributed by atoms with van der Waals surface area (Å²) in [7, 11) is 0. The van der Waals surface area contributed by atoms with Crippen LogP contribution in [0.15, 0.2) is 89.0 Å². The number of hydrogen-bond acceptors (Lipinski definition) is 4. The van der Waals surface area contributed by atoms with Gasteiger partial charge in [0.1, 0.15) is 0 Å². The molecule has 0 saturated carbocycles. The van der Waals surface area contributed by atoms with E-state index < -0.39 is 0 Å². The van der Waals surface area contributed by atoms with Crippen LogP contribution in [0.25, 0.3) is 11.3 Å². The van der Waals surface area contributed by atoms with E-state index in [9.17, 15) is 0 Å². The van der Waals surface area contributed by atoms with E-state index in [1.807, 2.05) is 36.5 Å². The monoisotopic (exact) mass is 468 g/mol. The van der Waals surface area contributed by atoms with E-state index in [-0.39, 0.29) is 5.84 Å². The summed E-state index contributed by atoms with van der Waals surface area (Å²) in [5.74, 6) is 0.204. The minimum atomic E-state index is 0.204. The van der Waals surface area contributed by atoms with Crippen LogP contribution in [0.3, 0.4) is 0 Å². The van der Waals surface area contributed by atoms with Crippen LogP contribution in [-0.2, 0) is 19.4 Å². The number of benzene rings is 2. The van der Waals surface area contributed by atoms with E-state index in [1.54, 1.807) is 0 Å². The van der Waals surface area contributed by atoms with Gasteiger partial charge in [-0.2, -0.15) is 5.53 Å². The summed E-state index contributed by atoms with van der Waals surface area (Å²) in [5.41, 5.74) is 20.6. The molecule has 0 radical (unpaired) electrons. The molecule has 2 aromatic carbocycles. The van der Waals surface area contributed by atoms with Gasteiger partial charge in [0.2, 0.25) is 0 Å². The average Bonchev–Trinajstić information content (AvgIpc) is 2.90. The van der Waals surface area contributed by atoms with E-state index >= 15 is 0 Å². The van der Waals surface area contributed by atoms with E-state index in [1.165, 1.54) is 29.7 Å². The maximum absolute atomic E-state index is 6.94. The largest absolute Gasteiger partial charge is 0.384 e. The molecule has 0 aliphatic rings. The standard InChI is InChI=1S/C29H36N6/c1-3-5-14-25(15-10-13-24-12-7-6-11-23(24)4-2)32-20-22-18-19-28(33-21-22)26-16-8-9-17-27(26)29(30)34-35-31/h6-9,11-12,15-19,21,32H,3-5,10,13-14,20H2,1-2H3,(H3,30,31,34)/b25-15-. The zero-order valence-electron chi connectivity index (χ0n) is 20.8. The molecule has 0 aliphatic carbocycles. The van der Waals surface area contributed by atoms with Gasteiger partial charge in [-0.1, -0.05) is 86.2 Å². The second-order valence-corrected chi connectivity index (χ2v) is 8.53. The van der Waals surface area contributed by atoms with Crippen molar-refractivity contribution in [2.45, 2.75) is 58.9 Å². The number of hydrogen-bond donors (Lipinski definition) is 3. The first-order chi connectivity index (χ1) is 17.2. The van der Waals surface area contributed by atoms with Crippen LogP contribution in [-0.4, -0.2) is 10.8 Å². The molecule has 0 aliphatic heterocycles. The van der Waals surface area contributed by atoms with Crippen molar-refractivity contribution in [3.05, 3.63) is 101 Å². The number of aryl methyl sites for hydroxylation is 2. The first-order valence-electron chi connectivity index (χ1n) is 12.4. The van der Waals surface area contributed by atoms with Crippen LogP contribution < -0.4 is 11.1 Å². The SMILES string of the molecule is CCCC/C(=C/CCc1ccccc1CC)NCc1ccc(-c2ccccc2/C(N)=N/N=N)nc1. The maximum Gasteiger partial charge on any atom is 0.155 e. The minimum Gasteiger partial charge on any atom is -0.384 e. The van der Waals surface area contributed by atoms with Crippen LogP contribution >= 0.6 is 0 Å². The minimum absolute atomic E-state index is 0.204. The number of nitrogens with zero attached hydrogens (tertiary/aromatic N) is 3. The van der Waals surface area contributed by atoms with E-state index in [4.69, 9.17) is 11.3 Å². The number of amidine groups is 1. The lowest BCUT2D eigenvalue weighted by Crippen LogP contribution is -2.14. The van der Waals surface area contributed by atoms with E-state index in [0.717, 1.165) is 54.6 Å². The predicted molar refractivity (Wildman–Crippen MR) is 144 cm³/mol. The summed E-state index contributed by atoms with van der Waals surface area (Å²) in [6, 6.07) is 20.5. The van der Waals surface area contributed by atoms with Crippen LogP contribution in [0.2, 0.25) is 0 Å². The molecule has 1 aromatic heterocycles. The first-order valence-corrected chi connectivity index (χ1v) is 12.4. The molecule has 182 valence electrons. The number of unbranched alkanes of at least 4 members (excludes halogenated alkanes) is 1. The van der Waals surface area contributed by atoms with Crippen molar-refractivity contribution >= 4 is 5.84 Å². The average molecular weight is 469 g/mol. The van der Waals surface area contributed by atoms with Gasteiger partial charge in [0.15, 0.2) is 5.84 Å². The molecule has 4 N–H and O–H groups in total. The summed E-state index contributed by atoms with van der Waals surface area (Å²) in [4.78, 5) is 4.67. The Balaban J connectivity index is 1.66. The maximum atomic E-state index is 6.94. The molecule has 0 spiro atoms. The smallest absolute Gasteiger partial charge is 0.155 e. The van der Waals surface area contributed by atoms with Crippen molar-refractivity contribution < 1.29 is 0 Å². The Labute approximate surface area is 208 Å². The third-order valence-electron chi connectivity index (χ3n) is 6.08. The quantitative estimate of drug-likeness (QED) is 0.112. The van der Waals surface area contributed by atoms with E-state index in [0.29, 0.717) is 0 Å².